The maximum atomic E-state index is 12.5. The Morgan fingerprint density at radius 3 is 1.56 bits per heavy atom. The van der Waals surface area contributed by atoms with Crippen LogP contribution in [0.25, 0.3) is 10.8 Å². The molecular formula is C28H21N9O20S4. The molecule has 5 aromatic rings. The number of hydrogen-bond donors (Lipinski definition) is 9. The number of carbonyl (C=O) groups is 1. The molecule has 322 valence electrons. The van der Waals surface area contributed by atoms with E-state index < -0.39 is 151 Å². The minimum atomic E-state index is -5.55. The number of aromatic carboxylic acids is 1. The van der Waals surface area contributed by atoms with Gasteiger partial charge in [0.15, 0.2) is 17.2 Å². The summed E-state index contributed by atoms with van der Waals surface area (Å²) in [5, 5.41) is 84.9. The maximum absolute atomic E-state index is 12.5. The number of non-ortho nitro benzene ring substituents is 1. The van der Waals surface area contributed by atoms with Crippen molar-refractivity contribution >= 4 is 97.0 Å². The number of carboxylic acids is 1. The molecule has 0 spiro atoms. The lowest BCUT2D eigenvalue weighted by Gasteiger charge is -2.13. The number of fused-ring (bicyclic) bond motifs is 1. The number of nitro benzene ring substituents is 1. The number of carboxylic acid groups (broad SMARTS) is 1. The molecule has 5 rings (SSSR count). The number of aliphatic hydroxyl groups excluding tert-OH is 1. The number of nitrogens with zero attached hydrogens (tertiary/aromatic N) is 9. The predicted molar refractivity (Wildman–Crippen MR) is 197 cm³/mol. The van der Waals surface area contributed by atoms with E-state index in [0.717, 1.165) is 12.1 Å². The van der Waals surface area contributed by atoms with Crippen LogP contribution in [-0.2, 0) is 47.0 Å². The molecule has 0 saturated carbocycles. The summed E-state index contributed by atoms with van der Waals surface area (Å²) in [4.78, 5) is 16.4. The fraction of sp³-hybridized carbons (Fsp3) is 0.0714. The molecular weight excluding hydrogens is 911 g/mol. The van der Waals surface area contributed by atoms with E-state index in [2.05, 4.69) is 35.8 Å². The summed E-state index contributed by atoms with van der Waals surface area (Å²) in [5.74, 6) is -5.55. The number of hydrogen-bond acceptors (Lipinski definition) is 22. The van der Waals surface area contributed by atoms with Crippen molar-refractivity contribution in [1.82, 2.24) is 9.78 Å². The van der Waals surface area contributed by atoms with Crippen LogP contribution in [-0.4, -0.2) is 105 Å². The molecule has 0 aliphatic carbocycles. The van der Waals surface area contributed by atoms with Gasteiger partial charge in [-0.3, -0.25) is 28.3 Å². The van der Waals surface area contributed by atoms with Crippen molar-refractivity contribution < 1.29 is 87.1 Å². The number of aromatic nitrogens is 2. The first-order valence-corrected chi connectivity index (χ1v) is 21.2. The lowest BCUT2D eigenvalue weighted by atomic mass is 10.1. The summed E-state index contributed by atoms with van der Waals surface area (Å²) in [6, 6.07) is 4.58. The highest BCUT2D eigenvalue weighted by Gasteiger charge is 2.30. The van der Waals surface area contributed by atoms with E-state index in [-0.39, 0.29) is 6.54 Å². The van der Waals surface area contributed by atoms with Crippen LogP contribution in [0, 0.1) is 10.1 Å². The Kier molecular flexibility index (Phi) is 12.0. The van der Waals surface area contributed by atoms with Crippen molar-refractivity contribution in [1.29, 1.82) is 0 Å². The highest BCUT2D eigenvalue weighted by molar-refractivity contribution is 7.86. The number of phenols is 2. The Hall–Kier alpha value is -6.98. The van der Waals surface area contributed by atoms with Gasteiger partial charge in [-0.2, -0.15) is 43.9 Å². The summed E-state index contributed by atoms with van der Waals surface area (Å²) >= 11 is 0. The van der Waals surface area contributed by atoms with E-state index in [1.807, 2.05) is 0 Å². The Balaban J connectivity index is 1.70. The molecule has 33 heteroatoms. The van der Waals surface area contributed by atoms with Gasteiger partial charge in [0.05, 0.1) is 29.1 Å². The zero-order valence-corrected chi connectivity index (χ0v) is 32.5. The average Bonchev–Trinajstić information content (AvgIpc) is 3.45. The number of phenolic OH excluding ortho intramolecular Hbond substituents is 2. The van der Waals surface area contributed by atoms with Crippen LogP contribution < -0.4 is 0 Å². The number of aliphatic hydroxyl groups is 1. The van der Waals surface area contributed by atoms with Gasteiger partial charge >= 0.3 is 5.97 Å². The maximum Gasteiger partial charge on any atom is 0.358 e. The molecule has 1 heterocycles. The monoisotopic (exact) mass is 931 g/mol. The van der Waals surface area contributed by atoms with E-state index in [9.17, 15) is 87.2 Å². The first-order chi connectivity index (χ1) is 28.1. The average molecular weight is 932 g/mol. The molecule has 4 aromatic carbocycles. The number of rotatable bonds is 14. The number of aromatic hydroxyl groups is 3. The first-order valence-electron chi connectivity index (χ1n) is 15.4. The van der Waals surface area contributed by atoms with Crippen molar-refractivity contribution in [3.05, 3.63) is 64.3 Å². The Morgan fingerprint density at radius 2 is 1.11 bits per heavy atom. The molecule has 0 unspecified atom stereocenters. The van der Waals surface area contributed by atoms with Gasteiger partial charge in [0.1, 0.15) is 42.3 Å². The molecule has 0 radical (unpaired) electrons. The van der Waals surface area contributed by atoms with Gasteiger partial charge in [0.2, 0.25) is 11.6 Å². The number of benzene rings is 4. The lowest BCUT2D eigenvalue weighted by molar-refractivity contribution is -0.385. The molecule has 1 aromatic heterocycles. The minimum Gasteiger partial charge on any atom is -0.505 e. The fourth-order valence-electron chi connectivity index (χ4n) is 5.05. The van der Waals surface area contributed by atoms with Crippen LogP contribution in [0.15, 0.2) is 98.8 Å². The largest absolute Gasteiger partial charge is 0.505 e. The standard InChI is InChI=1S/C28H21N9O20S4/c38-6-5-36-27(41)23(24(35-36)28(42)43)34-29-12-1-3-14(16(9-12)58(46,47)48)30-32-21-18(60(52,53)54)7-11-8-19(61(55,56)57)22(26(40)20(11)25(21)39)33-31-15-4-2-13(37(44)45)10-17(15)59(49,50)51/h1-4,7-10,38-41H,5-6H2,(H,42,43)(H,46,47,48)(H,49,50,51)(H,52,53,54)(H,55,56,57). The third-order valence-electron chi connectivity index (χ3n) is 7.66. The molecule has 0 aliphatic heterocycles. The van der Waals surface area contributed by atoms with Gasteiger partial charge in [0.25, 0.3) is 46.2 Å². The predicted octanol–water partition coefficient (Wildman–Crippen LogP) is 3.98. The minimum absolute atomic E-state index is 0.332. The zero-order valence-electron chi connectivity index (χ0n) is 29.2. The molecule has 0 bridgehead atoms. The molecule has 61 heavy (non-hydrogen) atoms. The van der Waals surface area contributed by atoms with Crippen LogP contribution in [0.3, 0.4) is 0 Å². The van der Waals surface area contributed by atoms with Crippen molar-refractivity contribution in [3.8, 4) is 17.4 Å². The van der Waals surface area contributed by atoms with Crippen molar-refractivity contribution in [2.45, 2.75) is 26.1 Å². The topological polar surface area (TPSA) is 471 Å². The summed E-state index contributed by atoms with van der Waals surface area (Å²) in [6.07, 6.45) is 0. The molecule has 9 N–H and O–H groups in total. The van der Waals surface area contributed by atoms with Crippen LogP contribution in [0.1, 0.15) is 10.5 Å². The second-order valence-corrected chi connectivity index (χ2v) is 17.1. The second-order valence-electron chi connectivity index (χ2n) is 11.6. The fourth-order valence-corrected chi connectivity index (χ4v) is 7.65. The van der Waals surface area contributed by atoms with Gasteiger partial charge in [-0.25, -0.2) is 9.48 Å². The quantitative estimate of drug-likeness (QED) is 0.0329. The summed E-state index contributed by atoms with van der Waals surface area (Å²) in [5.41, 5.74) is -7.36. The van der Waals surface area contributed by atoms with Gasteiger partial charge in [-0.1, -0.05) is 0 Å². The summed E-state index contributed by atoms with van der Waals surface area (Å²) < 4.78 is 138. The second kappa shape index (κ2) is 16.2. The van der Waals surface area contributed by atoms with E-state index in [1.54, 1.807) is 0 Å². The van der Waals surface area contributed by atoms with Gasteiger partial charge in [0, 0.05) is 12.1 Å². The lowest BCUT2D eigenvalue weighted by Crippen LogP contribution is -2.05. The number of nitro groups is 1. The highest BCUT2D eigenvalue weighted by atomic mass is 32.2. The molecule has 0 atom stereocenters. The van der Waals surface area contributed by atoms with E-state index in [4.69, 9.17) is 5.11 Å². The Bertz CT molecular complexity index is 3260. The van der Waals surface area contributed by atoms with Crippen molar-refractivity contribution in [2.75, 3.05) is 6.61 Å². The van der Waals surface area contributed by atoms with Crippen LogP contribution in [0.2, 0.25) is 0 Å². The SMILES string of the molecule is O=C(O)c1nn(CCO)c(O)c1N=Nc1ccc(N=Nc2c(S(=O)(=O)O)cc3cc(S(=O)(=O)O)c(N=Nc4ccc([N+](=O)[O-])cc4S(=O)(=O)O)c(O)c3c2O)c(S(=O)(=O)O)c1. The molecule has 0 amide bonds. The van der Waals surface area contributed by atoms with Gasteiger partial charge in [-0.15, -0.1) is 25.6 Å². The smallest absolute Gasteiger partial charge is 0.358 e. The van der Waals surface area contributed by atoms with Crippen LogP contribution in [0.5, 0.6) is 17.4 Å². The zero-order chi connectivity index (χ0) is 45.6. The van der Waals surface area contributed by atoms with Gasteiger partial charge in [-0.05, 0) is 41.8 Å². The molecule has 0 saturated heterocycles. The Labute approximate surface area is 338 Å². The van der Waals surface area contributed by atoms with Gasteiger partial charge < -0.3 is 25.5 Å². The highest BCUT2D eigenvalue weighted by Crippen LogP contribution is 2.50. The molecule has 0 aliphatic rings. The van der Waals surface area contributed by atoms with Crippen molar-refractivity contribution in [2.24, 2.45) is 30.7 Å². The van der Waals surface area contributed by atoms with Crippen molar-refractivity contribution in [3.63, 3.8) is 0 Å². The van der Waals surface area contributed by atoms with E-state index in [0.29, 0.717) is 41.1 Å². The Morgan fingerprint density at radius 1 is 0.656 bits per heavy atom. The third-order valence-corrected chi connectivity index (χ3v) is 11.2. The van der Waals surface area contributed by atoms with Crippen LogP contribution in [0.4, 0.5) is 39.8 Å². The van der Waals surface area contributed by atoms with Crippen LogP contribution >= 0.6 is 0 Å². The van der Waals surface area contributed by atoms with E-state index in [1.165, 1.54) is 0 Å². The van der Waals surface area contributed by atoms with E-state index >= 15 is 0 Å². The summed E-state index contributed by atoms with van der Waals surface area (Å²) in [6.45, 7) is -0.956. The molecule has 29 nitrogen and oxygen atoms in total. The first kappa shape index (κ1) is 45.1. The molecule has 0 fully saturated rings. The normalized spacial score (nSPS) is 12.9. The number of azo groups is 3. The summed E-state index contributed by atoms with van der Waals surface area (Å²) in [7, 11) is -21.7. The third kappa shape index (κ3) is 9.42.